The van der Waals surface area contributed by atoms with E-state index in [0.717, 1.165) is 45.2 Å². The van der Waals surface area contributed by atoms with Gasteiger partial charge in [0.25, 0.3) is 11.6 Å². The van der Waals surface area contributed by atoms with Gasteiger partial charge in [0.2, 0.25) is 0 Å². The molecule has 1 saturated heterocycles. The molecule has 1 aliphatic heterocycles. The SMILES string of the molecule is O=C(COC(=O)c1cc([N+](=O)[O-])ccc1N1CCC(Cc2ccccc2)CC1)NC1CC1. The van der Waals surface area contributed by atoms with E-state index in [9.17, 15) is 19.7 Å². The Kier molecular flexibility index (Phi) is 6.68. The summed E-state index contributed by atoms with van der Waals surface area (Å²) in [5, 5.41) is 14.0. The van der Waals surface area contributed by atoms with Gasteiger partial charge in [0.05, 0.1) is 16.2 Å². The number of carbonyl (C=O) groups is 2. The lowest BCUT2D eigenvalue weighted by Gasteiger charge is -2.34. The van der Waals surface area contributed by atoms with E-state index in [1.165, 1.54) is 17.7 Å². The maximum Gasteiger partial charge on any atom is 0.341 e. The highest BCUT2D eigenvalue weighted by atomic mass is 16.6. The number of amides is 1. The molecule has 2 aromatic carbocycles. The zero-order valence-corrected chi connectivity index (χ0v) is 17.9. The molecule has 0 unspecified atom stereocenters. The molecule has 8 nitrogen and oxygen atoms in total. The first-order valence-electron chi connectivity index (χ1n) is 11.0. The van der Waals surface area contributed by atoms with Gasteiger partial charge in [0.15, 0.2) is 6.61 Å². The molecule has 1 aliphatic carbocycles. The van der Waals surface area contributed by atoms with Crippen LogP contribution in [0.3, 0.4) is 0 Å². The van der Waals surface area contributed by atoms with Crippen LogP contribution in [0, 0.1) is 16.0 Å². The van der Waals surface area contributed by atoms with Crippen molar-refractivity contribution in [1.82, 2.24) is 5.32 Å². The third-order valence-electron chi connectivity index (χ3n) is 6.01. The van der Waals surface area contributed by atoms with Gasteiger partial charge in [-0.1, -0.05) is 30.3 Å². The molecule has 8 heteroatoms. The fraction of sp³-hybridized carbons (Fsp3) is 0.417. The number of nitrogens with zero attached hydrogens (tertiary/aromatic N) is 2. The molecule has 0 aromatic heterocycles. The van der Waals surface area contributed by atoms with Crippen LogP contribution in [0.5, 0.6) is 0 Å². The van der Waals surface area contributed by atoms with Crippen LogP contribution in [0.15, 0.2) is 48.5 Å². The van der Waals surface area contributed by atoms with Crippen LogP contribution in [0.1, 0.15) is 41.6 Å². The molecule has 0 spiro atoms. The first-order chi connectivity index (χ1) is 15.5. The average molecular weight is 437 g/mol. The summed E-state index contributed by atoms with van der Waals surface area (Å²) in [6, 6.07) is 14.8. The highest BCUT2D eigenvalue weighted by Gasteiger charge is 2.27. The molecule has 1 amide bonds. The second-order valence-electron chi connectivity index (χ2n) is 8.50. The summed E-state index contributed by atoms with van der Waals surface area (Å²) < 4.78 is 5.18. The molecule has 2 aromatic rings. The summed E-state index contributed by atoms with van der Waals surface area (Å²) in [6.45, 7) is 1.10. The Morgan fingerprint density at radius 3 is 2.44 bits per heavy atom. The molecule has 1 N–H and O–H groups in total. The van der Waals surface area contributed by atoms with E-state index in [4.69, 9.17) is 4.74 Å². The molecule has 0 radical (unpaired) electrons. The number of nitro benzene ring substituents is 1. The number of rotatable bonds is 8. The maximum absolute atomic E-state index is 12.7. The zero-order valence-electron chi connectivity index (χ0n) is 17.9. The summed E-state index contributed by atoms with van der Waals surface area (Å²) in [6.07, 6.45) is 4.82. The fourth-order valence-electron chi connectivity index (χ4n) is 4.11. The second-order valence-corrected chi connectivity index (χ2v) is 8.50. The lowest BCUT2D eigenvalue weighted by molar-refractivity contribution is -0.384. The minimum atomic E-state index is -0.721. The number of nitrogens with one attached hydrogen (secondary N) is 1. The van der Waals surface area contributed by atoms with Gasteiger partial charge < -0.3 is 15.0 Å². The number of piperidine rings is 1. The Morgan fingerprint density at radius 1 is 1.06 bits per heavy atom. The van der Waals surface area contributed by atoms with Gasteiger partial charge in [-0.3, -0.25) is 14.9 Å². The summed E-state index contributed by atoms with van der Waals surface area (Å²) >= 11 is 0. The van der Waals surface area contributed by atoms with Crippen LogP contribution in [0.4, 0.5) is 11.4 Å². The lowest BCUT2D eigenvalue weighted by Crippen LogP contribution is -2.35. The highest BCUT2D eigenvalue weighted by molar-refractivity contribution is 5.97. The third kappa shape index (κ3) is 5.63. The monoisotopic (exact) mass is 437 g/mol. The number of benzene rings is 2. The molecule has 2 aliphatic rings. The van der Waals surface area contributed by atoms with Gasteiger partial charge in [-0.2, -0.15) is 0 Å². The predicted octanol–water partition coefficient (Wildman–Crippen LogP) is 3.49. The van der Waals surface area contributed by atoms with Crippen LogP contribution in [-0.4, -0.2) is 42.5 Å². The largest absolute Gasteiger partial charge is 0.452 e. The van der Waals surface area contributed by atoms with E-state index < -0.39 is 17.5 Å². The van der Waals surface area contributed by atoms with Gasteiger partial charge in [-0.25, -0.2) is 4.79 Å². The molecule has 1 saturated carbocycles. The number of carbonyl (C=O) groups excluding carboxylic acids is 2. The summed E-state index contributed by atoms with van der Waals surface area (Å²) in [7, 11) is 0. The van der Waals surface area contributed by atoms with Crippen molar-refractivity contribution in [3.63, 3.8) is 0 Å². The van der Waals surface area contributed by atoms with Crippen molar-refractivity contribution in [3.05, 3.63) is 69.8 Å². The molecule has 32 heavy (non-hydrogen) atoms. The molecule has 0 bridgehead atoms. The Morgan fingerprint density at radius 2 is 1.78 bits per heavy atom. The normalized spacial score (nSPS) is 16.4. The maximum atomic E-state index is 12.7. The summed E-state index contributed by atoms with van der Waals surface area (Å²) in [4.78, 5) is 37.4. The smallest absolute Gasteiger partial charge is 0.341 e. The van der Waals surface area contributed by atoms with Crippen molar-refractivity contribution >= 4 is 23.3 Å². The minimum absolute atomic E-state index is 0.125. The van der Waals surface area contributed by atoms with Crippen LogP contribution >= 0.6 is 0 Å². The lowest BCUT2D eigenvalue weighted by atomic mass is 9.90. The van der Waals surface area contributed by atoms with Crippen molar-refractivity contribution in [2.75, 3.05) is 24.6 Å². The van der Waals surface area contributed by atoms with E-state index in [2.05, 4.69) is 22.3 Å². The molecular formula is C24H27N3O5. The number of ether oxygens (including phenoxy) is 1. The Hall–Kier alpha value is -3.42. The van der Waals surface area contributed by atoms with Gasteiger partial charge in [-0.15, -0.1) is 0 Å². The molecule has 1 heterocycles. The molecular weight excluding hydrogens is 410 g/mol. The zero-order chi connectivity index (χ0) is 22.5. The number of hydrogen-bond acceptors (Lipinski definition) is 6. The summed E-state index contributed by atoms with van der Waals surface area (Å²) in [5.74, 6) is -0.524. The molecule has 0 atom stereocenters. The number of nitro groups is 1. The van der Waals surface area contributed by atoms with E-state index >= 15 is 0 Å². The Balaban J connectivity index is 1.42. The van der Waals surface area contributed by atoms with Crippen molar-refractivity contribution in [1.29, 1.82) is 0 Å². The van der Waals surface area contributed by atoms with Crippen LogP contribution in [0.2, 0.25) is 0 Å². The first kappa shape index (κ1) is 21.8. The van der Waals surface area contributed by atoms with Gasteiger partial charge >= 0.3 is 5.97 Å². The summed E-state index contributed by atoms with van der Waals surface area (Å²) in [5.41, 5.74) is 1.87. The van der Waals surface area contributed by atoms with E-state index in [-0.39, 0.29) is 23.2 Å². The van der Waals surface area contributed by atoms with Crippen molar-refractivity contribution < 1.29 is 19.2 Å². The van der Waals surface area contributed by atoms with E-state index in [0.29, 0.717) is 11.6 Å². The fourth-order valence-corrected chi connectivity index (χ4v) is 4.11. The topological polar surface area (TPSA) is 102 Å². The van der Waals surface area contributed by atoms with E-state index in [1.54, 1.807) is 6.07 Å². The number of non-ortho nitro benzene ring substituents is 1. The molecule has 4 rings (SSSR count). The average Bonchev–Trinajstić information content (AvgIpc) is 3.62. The van der Waals surface area contributed by atoms with Crippen LogP contribution in [0.25, 0.3) is 0 Å². The van der Waals surface area contributed by atoms with Gasteiger partial charge in [-0.05, 0) is 49.7 Å². The van der Waals surface area contributed by atoms with Gasteiger partial charge in [0.1, 0.15) is 0 Å². The third-order valence-corrected chi connectivity index (χ3v) is 6.01. The van der Waals surface area contributed by atoms with Crippen LogP contribution < -0.4 is 10.2 Å². The number of anilines is 1. The van der Waals surface area contributed by atoms with Crippen molar-refractivity contribution in [2.24, 2.45) is 5.92 Å². The van der Waals surface area contributed by atoms with Crippen molar-refractivity contribution in [2.45, 2.75) is 38.1 Å². The number of esters is 1. The molecule has 168 valence electrons. The standard InChI is InChI=1S/C24H27N3O5/c28-23(25-19-6-7-19)16-32-24(29)21-15-20(27(30)31)8-9-22(21)26-12-10-18(11-13-26)14-17-4-2-1-3-5-17/h1-5,8-9,15,18-19H,6-7,10-14,16H2,(H,25,28). The highest BCUT2D eigenvalue weighted by Crippen LogP contribution is 2.31. The van der Waals surface area contributed by atoms with Crippen molar-refractivity contribution in [3.8, 4) is 0 Å². The predicted molar refractivity (Wildman–Crippen MR) is 120 cm³/mol. The Bertz CT molecular complexity index is 982. The molecule has 2 fully saturated rings. The quantitative estimate of drug-likeness (QED) is 0.385. The first-order valence-corrected chi connectivity index (χ1v) is 11.0. The van der Waals surface area contributed by atoms with Gasteiger partial charge in [0, 0.05) is 31.3 Å². The minimum Gasteiger partial charge on any atom is -0.452 e. The second kappa shape index (κ2) is 9.80. The Labute approximate surface area is 186 Å². The number of hydrogen-bond donors (Lipinski definition) is 1. The van der Waals surface area contributed by atoms with Crippen LogP contribution in [-0.2, 0) is 16.0 Å². The van der Waals surface area contributed by atoms with E-state index in [1.807, 2.05) is 18.2 Å².